The van der Waals surface area contributed by atoms with Crippen LogP contribution in [0.3, 0.4) is 0 Å². The van der Waals surface area contributed by atoms with Crippen LogP contribution in [-0.2, 0) is 0 Å². The number of fused-ring (bicyclic) bond motifs is 1. The number of halogens is 1. The molecule has 0 aliphatic rings. The lowest BCUT2D eigenvalue weighted by Gasteiger charge is -2.08. The normalized spacial score (nSPS) is 10.9. The second-order valence-corrected chi connectivity index (χ2v) is 5.82. The van der Waals surface area contributed by atoms with Crippen molar-refractivity contribution in [3.8, 4) is 5.69 Å². The van der Waals surface area contributed by atoms with Crippen molar-refractivity contribution in [2.24, 2.45) is 0 Å². The van der Waals surface area contributed by atoms with Crippen LogP contribution in [-0.4, -0.2) is 19.7 Å². The van der Waals surface area contributed by atoms with Crippen molar-refractivity contribution in [2.45, 2.75) is 6.92 Å². The Morgan fingerprint density at radius 1 is 0.958 bits per heavy atom. The van der Waals surface area contributed by atoms with Crippen molar-refractivity contribution >= 4 is 34.1 Å². The summed E-state index contributed by atoms with van der Waals surface area (Å²) in [6.45, 7) is 1.87. The smallest absolute Gasteiger partial charge is 0.168 e. The second-order valence-electron chi connectivity index (χ2n) is 5.38. The number of rotatable bonds is 3. The first-order valence-electron chi connectivity index (χ1n) is 7.51. The number of benzene rings is 2. The molecular weight excluding hydrogens is 322 g/mol. The maximum atomic E-state index is 5.94. The Morgan fingerprint density at radius 2 is 1.71 bits per heavy atom. The lowest BCUT2D eigenvalue weighted by atomic mass is 10.3. The van der Waals surface area contributed by atoms with E-state index >= 15 is 0 Å². The average molecular weight is 336 g/mol. The van der Waals surface area contributed by atoms with E-state index in [2.05, 4.69) is 20.4 Å². The van der Waals surface area contributed by atoms with Gasteiger partial charge in [-0.1, -0.05) is 29.8 Å². The molecule has 6 heteroatoms. The van der Waals surface area contributed by atoms with Crippen LogP contribution in [0.5, 0.6) is 0 Å². The number of hydrogen-bond donors (Lipinski definition) is 1. The zero-order chi connectivity index (χ0) is 16.5. The molecule has 2 aromatic carbocycles. The largest absolute Gasteiger partial charge is 0.340 e. The molecule has 0 fully saturated rings. The Balaban J connectivity index is 1.82. The standard InChI is InChI=1S/C18H14ClN5/c1-12-21-17(23-14-9-7-13(19)8-10-14)16-11-20-24(18(16)22-12)15-5-3-2-4-6-15/h2-11H,1H3,(H,21,22,23). The van der Waals surface area contributed by atoms with Crippen LogP contribution < -0.4 is 5.32 Å². The van der Waals surface area contributed by atoms with E-state index in [1.54, 1.807) is 6.20 Å². The van der Waals surface area contributed by atoms with E-state index in [-0.39, 0.29) is 0 Å². The minimum Gasteiger partial charge on any atom is -0.340 e. The van der Waals surface area contributed by atoms with Crippen molar-refractivity contribution in [1.82, 2.24) is 19.7 Å². The maximum absolute atomic E-state index is 5.94. The second kappa shape index (κ2) is 5.94. The molecule has 1 N–H and O–H groups in total. The van der Waals surface area contributed by atoms with Gasteiger partial charge in [0.1, 0.15) is 11.6 Å². The van der Waals surface area contributed by atoms with Gasteiger partial charge in [0.2, 0.25) is 0 Å². The van der Waals surface area contributed by atoms with E-state index in [0.29, 0.717) is 10.8 Å². The summed E-state index contributed by atoms with van der Waals surface area (Å²) in [6, 6.07) is 17.4. The topological polar surface area (TPSA) is 55.6 Å². The van der Waals surface area contributed by atoms with E-state index in [4.69, 9.17) is 11.6 Å². The first-order chi connectivity index (χ1) is 11.7. The van der Waals surface area contributed by atoms with Gasteiger partial charge in [-0.15, -0.1) is 0 Å². The Hall–Kier alpha value is -2.92. The number of nitrogens with one attached hydrogen (secondary N) is 1. The number of anilines is 2. The van der Waals surface area contributed by atoms with Crippen molar-refractivity contribution in [2.75, 3.05) is 5.32 Å². The maximum Gasteiger partial charge on any atom is 0.168 e. The third-order valence-electron chi connectivity index (χ3n) is 3.65. The van der Waals surface area contributed by atoms with Gasteiger partial charge in [0, 0.05) is 10.7 Å². The van der Waals surface area contributed by atoms with Gasteiger partial charge in [-0.25, -0.2) is 14.6 Å². The van der Waals surface area contributed by atoms with Crippen molar-refractivity contribution in [1.29, 1.82) is 0 Å². The first kappa shape index (κ1) is 14.7. The zero-order valence-electron chi connectivity index (χ0n) is 12.9. The number of para-hydroxylation sites is 1. The highest BCUT2D eigenvalue weighted by molar-refractivity contribution is 6.30. The summed E-state index contributed by atoms with van der Waals surface area (Å²) in [6.07, 6.45) is 1.78. The molecule has 0 aliphatic heterocycles. The molecule has 0 bridgehead atoms. The monoisotopic (exact) mass is 335 g/mol. The highest BCUT2D eigenvalue weighted by Crippen LogP contribution is 2.26. The Labute approximate surface area is 143 Å². The van der Waals surface area contributed by atoms with Crippen LogP contribution in [0.15, 0.2) is 60.8 Å². The number of hydrogen-bond acceptors (Lipinski definition) is 4. The van der Waals surface area contributed by atoms with E-state index in [1.807, 2.05) is 66.2 Å². The molecular formula is C18H14ClN5. The molecule has 0 atom stereocenters. The summed E-state index contributed by atoms with van der Waals surface area (Å²) in [7, 11) is 0. The molecule has 2 heterocycles. The third-order valence-corrected chi connectivity index (χ3v) is 3.90. The molecule has 0 radical (unpaired) electrons. The van der Waals surface area contributed by atoms with Gasteiger partial charge in [-0.3, -0.25) is 0 Å². The van der Waals surface area contributed by atoms with Gasteiger partial charge in [-0.05, 0) is 43.3 Å². The minimum atomic E-state index is 0.677. The summed E-state index contributed by atoms with van der Waals surface area (Å²) in [5, 5.41) is 9.35. The van der Waals surface area contributed by atoms with E-state index in [0.717, 1.165) is 28.2 Å². The molecule has 0 saturated carbocycles. The average Bonchev–Trinajstić information content (AvgIpc) is 3.01. The number of nitrogens with zero attached hydrogens (tertiary/aromatic N) is 4. The fourth-order valence-electron chi connectivity index (χ4n) is 2.54. The lowest BCUT2D eigenvalue weighted by molar-refractivity contribution is 0.890. The van der Waals surface area contributed by atoms with Gasteiger partial charge >= 0.3 is 0 Å². The summed E-state index contributed by atoms with van der Waals surface area (Å²) in [5.74, 6) is 1.40. The van der Waals surface area contributed by atoms with Crippen molar-refractivity contribution < 1.29 is 0 Å². The van der Waals surface area contributed by atoms with Gasteiger partial charge in [0.05, 0.1) is 17.3 Å². The highest BCUT2D eigenvalue weighted by Gasteiger charge is 2.12. The fraction of sp³-hybridized carbons (Fsp3) is 0.0556. The molecule has 0 amide bonds. The van der Waals surface area contributed by atoms with Crippen LogP contribution in [0.25, 0.3) is 16.7 Å². The van der Waals surface area contributed by atoms with Gasteiger partial charge in [0.15, 0.2) is 5.65 Å². The van der Waals surface area contributed by atoms with Gasteiger partial charge < -0.3 is 5.32 Å². The van der Waals surface area contributed by atoms with E-state index in [9.17, 15) is 0 Å². The summed E-state index contributed by atoms with van der Waals surface area (Å²) >= 11 is 5.94. The first-order valence-corrected chi connectivity index (χ1v) is 7.89. The molecule has 5 nitrogen and oxygen atoms in total. The SMILES string of the molecule is Cc1nc(Nc2ccc(Cl)cc2)c2cnn(-c3ccccc3)c2n1. The van der Waals surface area contributed by atoms with Gasteiger partial charge in [-0.2, -0.15) is 5.10 Å². The Bertz CT molecular complexity index is 993. The Morgan fingerprint density at radius 3 is 2.46 bits per heavy atom. The van der Waals surface area contributed by atoms with E-state index < -0.39 is 0 Å². The predicted octanol–water partition coefficient (Wildman–Crippen LogP) is 4.52. The molecule has 4 rings (SSSR count). The molecule has 0 saturated heterocycles. The molecule has 0 spiro atoms. The summed E-state index contributed by atoms with van der Waals surface area (Å²) in [5.41, 5.74) is 2.64. The molecule has 24 heavy (non-hydrogen) atoms. The van der Waals surface area contributed by atoms with Crippen LogP contribution in [0, 0.1) is 6.92 Å². The zero-order valence-corrected chi connectivity index (χ0v) is 13.7. The number of aryl methyl sites for hydroxylation is 1. The van der Waals surface area contributed by atoms with E-state index in [1.165, 1.54) is 0 Å². The van der Waals surface area contributed by atoms with Crippen LogP contribution in [0.1, 0.15) is 5.82 Å². The molecule has 0 aliphatic carbocycles. The molecule has 2 aromatic heterocycles. The molecule has 118 valence electrons. The fourth-order valence-corrected chi connectivity index (χ4v) is 2.67. The molecule has 4 aromatic rings. The number of aromatic nitrogens is 4. The van der Waals surface area contributed by atoms with Crippen molar-refractivity contribution in [3.63, 3.8) is 0 Å². The molecule has 0 unspecified atom stereocenters. The quantitative estimate of drug-likeness (QED) is 0.598. The highest BCUT2D eigenvalue weighted by atomic mass is 35.5. The van der Waals surface area contributed by atoms with Crippen LogP contribution in [0.2, 0.25) is 5.02 Å². The van der Waals surface area contributed by atoms with Crippen molar-refractivity contribution in [3.05, 3.63) is 71.6 Å². The van der Waals surface area contributed by atoms with Gasteiger partial charge in [0.25, 0.3) is 0 Å². The van der Waals surface area contributed by atoms with Crippen LogP contribution in [0.4, 0.5) is 11.5 Å². The predicted molar refractivity (Wildman–Crippen MR) is 96.1 cm³/mol. The summed E-state index contributed by atoms with van der Waals surface area (Å²) < 4.78 is 1.82. The Kier molecular flexibility index (Phi) is 3.63. The lowest BCUT2D eigenvalue weighted by Crippen LogP contribution is -2.01. The van der Waals surface area contributed by atoms with Crippen LogP contribution >= 0.6 is 11.6 Å². The summed E-state index contributed by atoms with van der Waals surface area (Å²) in [4.78, 5) is 9.07. The minimum absolute atomic E-state index is 0.677. The third kappa shape index (κ3) is 2.70.